The van der Waals surface area contributed by atoms with Crippen LogP contribution in [0.2, 0.25) is 0 Å². The smallest absolute Gasteiger partial charge is 0.207 e. The van der Waals surface area contributed by atoms with Crippen LogP contribution in [-0.4, -0.2) is 18.4 Å². The molecule has 0 aliphatic heterocycles. The van der Waals surface area contributed by atoms with E-state index in [0.717, 1.165) is 0 Å². The lowest BCUT2D eigenvalue weighted by Gasteiger charge is -1.76. The number of alkyl halides is 2. The third kappa shape index (κ3) is 6.21. The molecule has 0 N–H and O–H groups in total. The molecule has 8 heavy (non-hydrogen) atoms. The van der Waals surface area contributed by atoms with Crippen LogP contribution in [0.15, 0.2) is 0 Å². The van der Waals surface area contributed by atoms with Gasteiger partial charge in [-0.2, -0.15) is 11.8 Å². The maximum absolute atomic E-state index is 11.1. The van der Waals surface area contributed by atoms with Gasteiger partial charge in [-0.1, -0.05) is 0 Å². The summed E-state index contributed by atoms with van der Waals surface area (Å²) in [6, 6.07) is 0. The van der Waals surface area contributed by atoms with Crippen LogP contribution in [0.4, 0.5) is 8.78 Å². The fraction of sp³-hybridized carbons (Fsp3) is 1.00. The molecule has 1 saturated carbocycles. The Labute approximate surface area is 52.7 Å². The Kier molecular flexibility index (Phi) is 3.36. The highest BCUT2D eigenvalue weighted by Crippen LogP contribution is 2.40. The quantitative estimate of drug-likeness (QED) is 0.498. The molecule has 1 fully saturated rings. The summed E-state index contributed by atoms with van der Waals surface area (Å²) >= 11 is 1.75. The van der Waals surface area contributed by atoms with Crippen molar-refractivity contribution in [2.24, 2.45) is 0 Å². The lowest BCUT2D eigenvalue weighted by molar-refractivity contribution is 0.120. The van der Waals surface area contributed by atoms with E-state index in [9.17, 15) is 8.78 Å². The molecule has 1 aliphatic carbocycles. The van der Waals surface area contributed by atoms with E-state index in [0.29, 0.717) is 0 Å². The van der Waals surface area contributed by atoms with Crippen LogP contribution in [0.5, 0.6) is 0 Å². The molecule has 0 heterocycles. The number of halogens is 2. The van der Waals surface area contributed by atoms with Gasteiger partial charge in [0.2, 0.25) is 5.92 Å². The van der Waals surface area contributed by atoms with Gasteiger partial charge in [0.05, 0.1) is 0 Å². The molecule has 0 atom stereocenters. The van der Waals surface area contributed by atoms with Gasteiger partial charge in [0.25, 0.3) is 0 Å². The Morgan fingerprint density at radius 1 is 1.25 bits per heavy atom. The van der Waals surface area contributed by atoms with Crippen LogP contribution in [-0.2, 0) is 0 Å². The van der Waals surface area contributed by atoms with Crippen molar-refractivity contribution in [1.82, 2.24) is 0 Å². The van der Waals surface area contributed by atoms with Crippen LogP contribution < -0.4 is 0 Å². The lowest BCUT2D eigenvalue weighted by atomic mass is 10.8. The first-order chi connectivity index (χ1) is 3.62. The van der Waals surface area contributed by atoms with Gasteiger partial charge in [0.1, 0.15) is 0 Å². The van der Waals surface area contributed by atoms with E-state index in [-0.39, 0.29) is 12.8 Å². The molecule has 1 aliphatic rings. The zero-order valence-electron chi connectivity index (χ0n) is 5.08. The first kappa shape index (κ1) is 8.21. The van der Waals surface area contributed by atoms with Gasteiger partial charge >= 0.3 is 0 Å². The van der Waals surface area contributed by atoms with E-state index in [1.165, 1.54) is 0 Å². The summed E-state index contributed by atoms with van der Waals surface area (Å²) in [5.74, 6) is -2.25. The number of thioether (sulfide) groups is 1. The lowest BCUT2D eigenvalue weighted by Crippen LogP contribution is -1.79. The Balaban J connectivity index is 0.000000145. The Bertz CT molecular complexity index is 57.4. The predicted molar refractivity (Wildman–Crippen MR) is 33.6 cm³/mol. The highest BCUT2D eigenvalue weighted by molar-refractivity contribution is 7.97. The fourth-order valence-electron chi connectivity index (χ4n) is 0.0945. The molecule has 3 heteroatoms. The third-order valence-corrected chi connectivity index (χ3v) is 0.628. The van der Waals surface area contributed by atoms with Crippen molar-refractivity contribution in [3.63, 3.8) is 0 Å². The average molecular weight is 140 g/mol. The minimum absolute atomic E-state index is 0.118. The molecule has 0 aromatic carbocycles. The highest BCUT2D eigenvalue weighted by Gasteiger charge is 2.43. The zero-order chi connectivity index (χ0) is 6.62. The van der Waals surface area contributed by atoms with Crippen molar-refractivity contribution in [3.8, 4) is 0 Å². The predicted octanol–water partition coefficient (Wildman–Crippen LogP) is 2.39. The fourth-order valence-corrected chi connectivity index (χ4v) is 0.0945. The van der Waals surface area contributed by atoms with Gasteiger partial charge < -0.3 is 0 Å². The van der Waals surface area contributed by atoms with Crippen molar-refractivity contribution in [2.75, 3.05) is 12.5 Å². The van der Waals surface area contributed by atoms with Gasteiger partial charge in [-0.3, -0.25) is 0 Å². The first-order valence-electron chi connectivity index (χ1n) is 2.40. The largest absolute Gasteiger partial charge is 0.248 e. The minimum atomic E-state index is -2.25. The normalized spacial score (nSPS) is 21.0. The molecule has 0 saturated heterocycles. The molecule has 0 aromatic heterocycles. The highest BCUT2D eigenvalue weighted by atomic mass is 32.2. The summed E-state index contributed by atoms with van der Waals surface area (Å²) in [4.78, 5) is 0. The second kappa shape index (κ2) is 3.28. The summed E-state index contributed by atoms with van der Waals surface area (Å²) in [6.45, 7) is 0. The molecule has 50 valence electrons. The maximum Gasteiger partial charge on any atom is 0.248 e. The average Bonchev–Trinajstić information content (AvgIpc) is 2.22. The van der Waals surface area contributed by atoms with Gasteiger partial charge in [-0.15, -0.1) is 0 Å². The van der Waals surface area contributed by atoms with Crippen molar-refractivity contribution >= 4 is 11.8 Å². The SMILES string of the molecule is CSC.FC1(F)CC1. The van der Waals surface area contributed by atoms with Gasteiger partial charge in [-0.25, -0.2) is 8.78 Å². The summed E-state index contributed by atoms with van der Waals surface area (Å²) in [6.07, 6.45) is 4.32. The van der Waals surface area contributed by atoms with E-state index in [1.807, 2.05) is 12.5 Å². The minimum Gasteiger partial charge on any atom is -0.207 e. The third-order valence-electron chi connectivity index (χ3n) is 0.628. The molecular formula is C5H10F2S. The Morgan fingerprint density at radius 3 is 1.38 bits per heavy atom. The molecular weight excluding hydrogens is 130 g/mol. The second-order valence-electron chi connectivity index (χ2n) is 1.76. The van der Waals surface area contributed by atoms with Crippen molar-refractivity contribution < 1.29 is 8.78 Å². The zero-order valence-corrected chi connectivity index (χ0v) is 5.89. The summed E-state index contributed by atoms with van der Waals surface area (Å²) in [7, 11) is 0. The summed E-state index contributed by atoms with van der Waals surface area (Å²) in [5, 5.41) is 0. The molecule has 0 nitrogen and oxygen atoms in total. The molecule has 0 spiro atoms. The molecule has 0 aromatic rings. The molecule has 1 rings (SSSR count). The van der Waals surface area contributed by atoms with Gasteiger partial charge in [0.15, 0.2) is 0 Å². The van der Waals surface area contributed by atoms with Crippen LogP contribution in [0.1, 0.15) is 12.8 Å². The van der Waals surface area contributed by atoms with Crippen molar-refractivity contribution in [1.29, 1.82) is 0 Å². The van der Waals surface area contributed by atoms with Gasteiger partial charge in [-0.05, 0) is 12.5 Å². The van der Waals surface area contributed by atoms with E-state index >= 15 is 0 Å². The van der Waals surface area contributed by atoms with Crippen LogP contribution >= 0.6 is 11.8 Å². The number of hydrogen-bond donors (Lipinski definition) is 0. The van der Waals surface area contributed by atoms with Crippen LogP contribution in [0.25, 0.3) is 0 Å². The first-order valence-corrected chi connectivity index (χ1v) is 4.03. The van der Waals surface area contributed by atoms with E-state index in [4.69, 9.17) is 0 Å². The molecule has 0 bridgehead atoms. The molecule has 0 radical (unpaired) electrons. The maximum atomic E-state index is 11.1. The molecule has 0 unspecified atom stereocenters. The Morgan fingerprint density at radius 2 is 1.38 bits per heavy atom. The molecule has 0 amide bonds. The summed E-state index contributed by atoms with van der Waals surface area (Å²) in [5.41, 5.74) is 0. The van der Waals surface area contributed by atoms with Crippen LogP contribution in [0.3, 0.4) is 0 Å². The Hall–Kier alpha value is 0.210. The number of hydrogen-bond acceptors (Lipinski definition) is 1. The summed E-state index contributed by atoms with van der Waals surface area (Å²) < 4.78 is 22.3. The monoisotopic (exact) mass is 140 g/mol. The van der Waals surface area contributed by atoms with E-state index in [1.54, 1.807) is 11.8 Å². The second-order valence-corrected chi connectivity index (χ2v) is 2.58. The van der Waals surface area contributed by atoms with Crippen LogP contribution in [0, 0.1) is 0 Å². The van der Waals surface area contributed by atoms with Crippen molar-refractivity contribution in [2.45, 2.75) is 18.8 Å². The van der Waals surface area contributed by atoms with Crippen molar-refractivity contribution in [3.05, 3.63) is 0 Å². The van der Waals surface area contributed by atoms with E-state index < -0.39 is 5.92 Å². The standard InChI is InChI=1S/C3H4F2.C2H6S/c4-3(5)1-2-3;1-3-2/h1-2H2;1-2H3. The number of rotatable bonds is 0. The topological polar surface area (TPSA) is 0 Å². The van der Waals surface area contributed by atoms with E-state index in [2.05, 4.69) is 0 Å². The van der Waals surface area contributed by atoms with Gasteiger partial charge in [0, 0.05) is 12.8 Å².